The van der Waals surface area contributed by atoms with Crippen LogP contribution >= 0.6 is 0 Å². The van der Waals surface area contributed by atoms with Crippen molar-refractivity contribution in [3.63, 3.8) is 0 Å². The molecule has 0 bridgehead atoms. The molecular weight excluding hydrogens is 488 g/mol. The molecule has 8 heteroatoms. The van der Waals surface area contributed by atoms with Crippen LogP contribution in [-0.4, -0.2) is 46.3 Å². The molecule has 2 N–H and O–H groups in total. The summed E-state index contributed by atoms with van der Waals surface area (Å²) >= 11 is 0. The van der Waals surface area contributed by atoms with Gasteiger partial charge < -0.3 is 19.7 Å². The monoisotopic (exact) mass is 542 g/mol. The van der Waals surface area contributed by atoms with Gasteiger partial charge in [0, 0.05) is 6.42 Å². The van der Waals surface area contributed by atoms with Crippen LogP contribution in [-0.2, 0) is 28.7 Å². The maximum absolute atomic E-state index is 12.4. The Morgan fingerprint density at radius 1 is 0.579 bits per heavy atom. The maximum atomic E-state index is 12.4. The molecule has 0 saturated heterocycles. The van der Waals surface area contributed by atoms with Gasteiger partial charge in [0.1, 0.15) is 0 Å². The lowest BCUT2D eigenvalue weighted by molar-refractivity contribution is -0.178. The van der Waals surface area contributed by atoms with Crippen LogP contribution in [0.2, 0.25) is 0 Å². The lowest BCUT2D eigenvalue weighted by atomic mass is 9.95. The number of carboxylic acid groups (broad SMARTS) is 1. The van der Waals surface area contributed by atoms with E-state index in [0.29, 0.717) is 12.8 Å². The van der Waals surface area contributed by atoms with E-state index >= 15 is 0 Å². The second kappa shape index (κ2) is 24.1. The van der Waals surface area contributed by atoms with Crippen LogP contribution in [0.5, 0.6) is 0 Å². The van der Waals surface area contributed by atoms with E-state index in [-0.39, 0.29) is 13.0 Å². The highest BCUT2D eigenvalue weighted by atomic mass is 16.6. The van der Waals surface area contributed by atoms with Crippen LogP contribution in [0.3, 0.4) is 0 Å². The van der Waals surface area contributed by atoms with E-state index < -0.39 is 42.3 Å². The third kappa shape index (κ3) is 21.0. The van der Waals surface area contributed by atoms with E-state index in [9.17, 15) is 24.3 Å². The Morgan fingerprint density at radius 3 is 1.45 bits per heavy atom. The van der Waals surface area contributed by atoms with Crippen LogP contribution in [0.4, 0.5) is 0 Å². The van der Waals surface area contributed by atoms with Crippen molar-refractivity contribution in [3.8, 4) is 0 Å². The fourth-order valence-electron chi connectivity index (χ4n) is 4.38. The average Bonchev–Trinajstić information content (AvgIpc) is 2.85. The molecule has 0 aromatic carbocycles. The molecule has 0 aromatic rings. The summed E-state index contributed by atoms with van der Waals surface area (Å²) in [5.41, 5.74) is -2.57. The van der Waals surface area contributed by atoms with Crippen molar-refractivity contribution in [1.82, 2.24) is 0 Å². The number of rotatable bonds is 26. The molecule has 0 fully saturated rings. The zero-order valence-electron chi connectivity index (χ0n) is 24.1. The third-order valence-corrected chi connectivity index (χ3v) is 6.70. The molecule has 0 saturated carbocycles. The summed E-state index contributed by atoms with van der Waals surface area (Å²) < 4.78 is 9.69. The molecule has 0 rings (SSSR count). The predicted octanol–water partition coefficient (Wildman–Crippen LogP) is 7.04. The average molecular weight is 543 g/mol. The number of carboxylic acids is 1. The smallest absolute Gasteiger partial charge is 0.339 e. The van der Waals surface area contributed by atoms with Crippen LogP contribution in [0.1, 0.15) is 155 Å². The number of aliphatic hydroxyl groups is 1. The van der Waals surface area contributed by atoms with Crippen molar-refractivity contribution in [3.05, 3.63) is 0 Å². The summed E-state index contributed by atoms with van der Waals surface area (Å²) in [4.78, 5) is 47.2. The molecule has 0 heterocycles. The SMILES string of the molecule is CCCCCCCCCCCCCCCCCCOC(=O)C(O)(CC(=O)O)CC(=O)OC(=O)CCCCC. The summed E-state index contributed by atoms with van der Waals surface area (Å²) in [6.45, 7) is 4.24. The number of carbonyl (C=O) groups excluding carboxylic acids is 3. The summed E-state index contributed by atoms with van der Waals surface area (Å²) in [7, 11) is 0. The van der Waals surface area contributed by atoms with Crippen LogP contribution in [0, 0.1) is 0 Å². The topological polar surface area (TPSA) is 127 Å². The van der Waals surface area contributed by atoms with Crippen molar-refractivity contribution >= 4 is 23.9 Å². The lowest BCUT2D eigenvalue weighted by Crippen LogP contribution is -2.44. The minimum atomic E-state index is -2.57. The highest BCUT2D eigenvalue weighted by Gasteiger charge is 2.43. The van der Waals surface area contributed by atoms with Gasteiger partial charge >= 0.3 is 23.9 Å². The minimum Gasteiger partial charge on any atom is -0.481 e. The summed E-state index contributed by atoms with van der Waals surface area (Å²) in [6, 6.07) is 0. The van der Waals surface area contributed by atoms with E-state index in [4.69, 9.17) is 9.84 Å². The van der Waals surface area contributed by atoms with E-state index in [1.54, 1.807) is 0 Å². The molecule has 0 amide bonds. The first kappa shape index (κ1) is 36.0. The van der Waals surface area contributed by atoms with E-state index in [1.165, 1.54) is 77.0 Å². The summed E-state index contributed by atoms with van der Waals surface area (Å²) in [5.74, 6) is -4.55. The van der Waals surface area contributed by atoms with Gasteiger partial charge in [-0.05, 0) is 12.8 Å². The lowest BCUT2D eigenvalue weighted by Gasteiger charge is -2.23. The van der Waals surface area contributed by atoms with E-state index in [0.717, 1.165) is 32.1 Å². The number of carbonyl (C=O) groups is 4. The van der Waals surface area contributed by atoms with E-state index in [1.807, 2.05) is 6.92 Å². The molecule has 222 valence electrons. The van der Waals surface area contributed by atoms with Gasteiger partial charge in [0.05, 0.1) is 19.4 Å². The van der Waals surface area contributed by atoms with Crippen LogP contribution in [0.25, 0.3) is 0 Å². The van der Waals surface area contributed by atoms with Crippen molar-refractivity contribution in [2.24, 2.45) is 0 Å². The first-order valence-corrected chi connectivity index (χ1v) is 15.1. The Labute approximate surface area is 230 Å². The van der Waals surface area contributed by atoms with Gasteiger partial charge in [0.25, 0.3) is 0 Å². The van der Waals surface area contributed by atoms with Crippen LogP contribution < -0.4 is 0 Å². The van der Waals surface area contributed by atoms with Gasteiger partial charge in [-0.25, -0.2) is 4.79 Å². The number of hydrogen-bond acceptors (Lipinski definition) is 7. The van der Waals surface area contributed by atoms with Gasteiger partial charge in [0.2, 0.25) is 0 Å². The number of hydrogen-bond donors (Lipinski definition) is 2. The molecule has 1 atom stereocenters. The molecule has 0 aliphatic rings. The molecule has 0 aromatic heterocycles. The number of aliphatic carboxylic acids is 1. The van der Waals surface area contributed by atoms with Crippen LogP contribution in [0.15, 0.2) is 0 Å². The van der Waals surface area contributed by atoms with Gasteiger partial charge in [-0.3, -0.25) is 14.4 Å². The Balaban J connectivity index is 3.97. The second-order valence-corrected chi connectivity index (χ2v) is 10.5. The quantitative estimate of drug-likeness (QED) is 0.0677. The standard InChI is InChI=1S/C30H54O8/c1-3-5-7-8-9-10-11-12-13-14-15-16-17-18-19-21-23-37-29(35)30(36,24-26(31)32)25-28(34)38-27(33)22-20-6-4-2/h36H,3-25H2,1-2H3,(H,31,32). The Hall–Kier alpha value is -1.96. The largest absolute Gasteiger partial charge is 0.481 e. The molecule has 0 aliphatic carbocycles. The molecule has 8 nitrogen and oxygen atoms in total. The van der Waals surface area contributed by atoms with Gasteiger partial charge in [-0.2, -0.15) is 0 Å². The minimum absolute atomic E-state index is 0.0319. The van der Waals surface area contributed by atoms with Crippen molar-refractivity contribution in [1.29, 1.82) is 0 Å². The molecule has 0 aliphatic heterocycles. The molecule has 0 spiro atoms. The van der Waals surface area contributed by atoms with Crippen molar-refractivity contribution in [2.45, 2.75) is 161 Å². The fraction of sp³-hybridized carbons (Fsp3) is 0.867. The zero-order chi connectivity index (χ0) is 28.5. The van der Waals surface area contributed by atoms with Crippen molar-refractivity contribution < 1.29 is 38.9 Å². The fourth-order valence-corrected chi connectivity index (χ4v) is 4.38. The first-order valence-electron chi connectivity index (χ1n) is 15.1. The predicted molar refractivity (Wildman–Crippen MR) is 148 cm³/mol. The highest BCUT2D eigenvalue weighted by Crippen LogP contribution is 2.20. The highest BCUT2D eigenvalue weighted by molar-refractivity contribution is 5.92. The maximum Gasteiger partial charge on any atom is 0.339 e. The number of esters is 3. The van der Waals surface area contributed by atoms with Crippen molar-refractivity contribution in [2.75, 3.05) is 6.61 Å². The number of unbranched alkanes of at least 4 members (excludes halogenated alkanes) is 17. The third-order valence-electron chi connectivity index (χ3n) is 6.70. The second-order valence-electron chi connectivity index (χ2n) is 10.5. The molecule has 1 unspecified atom stereocenters. The Kier molecular flexibility index (Phi) is 22.9. The normalized spacial score (nSPS) is 12.6. The zero-order valence-corrected chi connectivity index (χ0v) is 24.1. The summed E-state index contributed by atoms with van der Waals surface area (Å²) in [6.07, 6.45) is 19.8. The molecular formula is C30H54O8. The van der Waals surface area contributed by atoms with Gasteiger partial charge in [-0.15, -0.1) is 0 Å². The number of ether oxygens (including phenoxy) is 2. The Morgan fingerprint density at radius 2 is 1.00 bits per heavy atom. The first-order chi connectivity index (χ1) is 18.2. The van der Waals surface area contributed by atoms with Gasteiger partial charge in [0.15, 0.2) is 5.60 Å². The molecule has 38 heavy (non-hydrogen) atoms. The Bertz CT molecular complexity index is 648. The molecule has 0 radical (unpaired) electrons. The van der Waals surface area contributed by atoms with E-state index in [2.05, 4.69) is 11.7 Å². The summed E-state index contributed by atoms with van der Waals surface area (Å²) in [5, 5.41) is 19.6. The van der Waals surface area contributed by atoms with Gasteiger partial charge in [-0.1, -0.05) is 123 Å².